The van der Waals surface area contributed by atoms with Crippen molar-refractivity contribution < 1.29 is 23.5 Å². The Kier molecular flexibility index (Phi) is 6.28. The summed E-state index contributed by atoms with van der Waals surface area (Å²) in [5.74, 6) is -0.708. The second kappa shape index (κ2) is 7.49. The van der Waals surface area contributed by atoms with Crippen molar-refractivity contribution in [1.29, 1.82) is 0 Å². The van der Waals surface area contributed by atoms with E-state index in [0.29, 0.717) is 0 Å². The first kappa shape index (κ1) is 16.8. The zero-order valence-corrected chi connectivity index (χ0v) is 12.3. The molecule has 9 nitrogen and oxygen atoms in total. The quantitative estimate of drug-likeness (QED) is 0.614. The lowest BCUT2D eigenvalue weighted by molar-refractivity contribution is 0.0995. The summed E-state index contributed by atoms with van der Waals surface area (Å²) >= 11 is 0. The first-order chi connectivity index (χ1) is 9.40. The lowest BCUT2D eigenvalue weighted by Crippen LogP contribution is -2.22. The maximum Gasteiger partial charge on any atom is 0.333 e. The van der Waals surface area contributed by atoms with Crippen molar-refractivity contribution in [2.45, 2.75) is 26.5 Å². The van der Waals surface area contributed by atoms with Crippen molar-refractivity contribution in [1.82, 2.24) is 15.0 Å². The standard InChI is InChI=1S/C10H19N4O5P/c1-3-18-20(17,19-4-2)7-8(15)5-14-6-9(10(11)16)12-13-14/h6,8,15H,3-5,7H2,1-2H3,(H2,11,16). The summed E-state index contributed by atoms with van der Waals surface area (Å²) in [7, 11) is -3.33. The lowest BCUT2D eigenvalue weighted by Gasteiger charge is -2.19. The Morgan fingerprint density at radius 2 is 2.10 bits per heavy atom. The molecule has 10 heteroatoms. The maximum absolute atomic E-state index is 12.2. The smallest absolute Gasteiger partial charge is 0.333 e. The average molecular weight is 306 g/mol. The molecule has 1 aromatic rings. The Balaban J connectivity index is 2.62. The van der Waals surface area contributed by atoms with Crippen LogP contribution in [0.4, 0.5) is 0 Å². The number of carbonyl (C=O) groups excluding carboxylic acids is 1. The number of hydrogen-bond acceptors (Lipinski definition) is 7. The molecule has 0 aromatic carbocycles. The number of aromatic nitrogens is 3. The third-order valence-corrected chi connectivity index (χ3v) is 4.45. The van der Waals surface area contributed by atoms with Crippen LogP contribution in [-0.2, 0) is 20.2 Å². The molecule has 0 saturated heterocycles. The SMILES string of the molecule is CCOP(=O)(CC(O)Cn1cc(C(N)=O)nn1)OCC. The van der Waals surface area contributed by atoms with E-state index in [1.54, 1.807) is 13.8 Å². The van der Waals surface area contributed by atoms with Gasteiger partial charge in [-0.3, -0.25) is 9.36 Å². The van der Waals surface area contributed by atoms with Crippen LogP contribution >= 0.6 is 7.60 Å². The van der Waals surface area contributed by atoms with Gasteiger partial charge in [0.25, 0.3) is 5.91 Å². The van der Waals surface area contributed by atoms with Gasteiger partial charge in [-0.15, -0.1) is 5.10 Å². The predicted octanol–water partition coefficient (Wildman–Crippen LogP) is 0.00400. The number of carbonyl (C=O) groups is 1. The van der Waals surface area contributed by atoms with Crippen LogP contribution in [0.5, 0.6) is 0 Å². The summed E-state index contributed by atoms with van der Waals surface area (Å²) in [5.41, 5.74) is 5.03. The van der Waals surface area contributed by atoms with Crippen molar-refractivity contribution in [3.8, 4) is 0 Å². The van der Waals surface area contributed by atoms with Crippen molar-refractivity contribution in [2.75, 3.05) is 19.4 Å². The molecular formula is C10H19N4O5P. The van der Waals surface area contributed by atoms with Crippen molar-refractivity contribution in [2.24, 2.45) is 5.73 Å². The van der Waals surface area contributed by atoms with Crippen LogP contribution in [0.3, 0.4) is 0 Å². The molecule has 0 saturated carbocycles. The normalized spacial score (nSPS) is 13.3. The summed E-state index contributed by atoms with van der Waals surface area (Å²) in [6, 6.07) is 0. The molecular weight excluding hydrogens is 287 g/mol. The van der Waals surface area contributed by atoms with Crippen molar-refractivity contribution >= 4 is 13.5 Å². The Hall–Kier alpha value is -1.28. The molecule has 0 aliphatic rings. The van der Waals surface area contributed by atoms with Gasteiger partial charge in [-0.05, 0) is 13.8 Å². The number of amides is 1. The van der Waals surface area contributed by atoms with Crippen LogP contribution in [0.1, 0.15) is 24.3 Å². The zero-order chi connectivity index (χ0) is 15.2. The number of hydrogen-bond donors (Lipinski definition) is 2. The monoisotopic (exact) mass is 306 g/mol. The van der Waals surface area contributed by atoms with Crippen LogP contribution in [0.25, 0.3) is 0 Å². The van der Waals surface area contributed by atoms with E-state index in [0.717, 1.165) is 0 Å². The molecule has 1 unspecified atom stereocenters. The van der Waals surface area contributed by atoms with Gasteiger partial charge in [0.05, 0.1) is 38.2 Å². The van der Waals surface area contributed by atoms with Gasteiger partial charge in [-0.1, -0.05) is 5.21 Å². The Bertz CT molecular complexity index is 482. The number of rotatable bonds is 9. The molecule has 1 amide bonds. The van der Waals surface area contributed by atoms with E-state index in [2.05, 4.69) is 10.3 Å². The van der Waals surface area contributed by atoms with Gasteiger partial charge >= 0.3 is 7.60 Å². The van der Waals surface area contributed by atoms with Crippen molar-refractivity contribution in [3.05, 3.63) is 11.9 Å². The van der Waals surface area contributed by atoms with Crippen LogP contribution < -0.4 is 5.73 Å². The summed E-state index contributed by atoms with van der Waals surface area (Å²) in [6.45, 7) is 3.83. The third kappa shape index (κ3) is 5.01. The molecule has 20 heavy (non-hydrogen) atoms. The van der Waals surface area contributed by atoms with Crippen LogP contribution in [0.15, 0.2) is 6.20 Å². The highest BCUT2D eigenvalue weighted by Gasteiger charge is 2.28. The molecule has 0 radical (unpaired) electrons. The predicted molar refractivity (Wildman–Crippen MR) is 70.3 cm³/mol. The van der Waals surface area contributed by atoms with E-state index in [9.17, 15) is 14.5 Å². The van der Waals surface area contributed by atoms with Gasteiger partial charge in [0.2, 0.25) is 0 Å². The number of nitrogens with zero attached hydrogens (tertiary/aromatic N) is 3. The largest absolute Gasteiger partial charge is 0.391 e. The molecule has 1 heterocycles. The van der Waals surface area contributed by atoms with Gasteiger partial charge < -0.3 is 19.9 Å². The van der Waals surface area contributed by atoms with Crippen molar-refractivity contribution in [3.63, 3.8) is 0 Å². The van der Waals surface area contributed by atoms with Crippen LogP contribution in [0, 0.1) is 0 Å². The first-order valence-electron chi connectivity index (χ1n) is 6.16. The summed E-state index contributed by atoms with van der Waals surface area (Å²) < 4.78 is 23.6. The van der Waals surface area contributed by atoms with E-state index in [-0.39, 0.29) is 31.6 Å². The average Bonchev–Trinajstić information content (AvgIpc) is 2.77. The number of aliphatic hydroxyl groups excluding tert-OH is 1. The van der Waals surface area contributed by atoms with Crippen LogP contribution in [-0.4, -0.2) is 51.5 Å². The molecule has 0 fully saturated rings. The molecule has 0 spiro atoms. The van der Waals surface area contributed by atoms with E-state index in [1.807, 2.05) is 0 Å². The highest BCUT2D eigenvalue weighted by atomic mass is 31.2. The molecule has 1 rings (SSSR count). The Morgan fingerprint density at radius 1 is 1.50 bits per heavy atom. The maximum atomic E-state index is 12.2. The van der Waals surface area contributed by atoms with E-state index < -0.39 is 19.6 Å². The van der Waals surface area contributed by atoms with E-state index >= 15 is 0 Å². The van der Waals surface area contributed by atoms with Gasteiger partial charge in [0, 0.05) is 0 Å². The van der Waals surface area contributed by atoms with Gasteiger partial charge in [-0.2, -0.15) is 0 Å². The fourth-order valence-electron chi connectivity index (χ4n) is 1.57. The minimum atomic E-state index is -3.33. The topological polar surface area (TPSA) is 130 Å². The van der Waals surface area contributed by atoms with Gasteiger partial charge in [0.1, 0.15) is 0 Å². The molecule has 1 aromatic heterocycles. The Morgan fingerprint density at radius 3 is 2.55 bits per heavy atom. The number of nitrogens with two attached hydrogens (primary N) is 1. The second-order valence-corrected chi connectivity index (χ2v) is 6.08. The number of aliphatic hydroxyl groups is 1. The second-order valence-electron chi connectivity index (χ2n) is 3.97. The highest BCUT2D eigenvalue weighted by molar-refractivity contribution is 7.53. The van der Waals surface area contributed by atoms with Gasteiger partial charge in [-0.25, -0.2) is 4.68 Å². The molecule has 1 atom stereocenters. The lowest BCUT2D eigenvalue weighted by atomic mass is 10.4. The molecule has 0 bridgehead atoms. The minimum absolute atomic E-state index is 0.00438. The number of primary amides is 1. The fraction of sp³-hybridized carbons (Fsp3) is 0.700. The third-order valence-electron chi connectivity index (χ3n) is 2.27. The van der Waals surface area contributed by atoms with E-state index in [1.165, 1.54) is 10.9 Å². The summed E-state index contributed by atoms with van der Waals surface area (Å²) in [6.07, 6.45) is 0.125. The van der Waals surface area contributed by atoms with E-state index in [4.69, 9.17) is 14.8 Å². The zero-order valence-electron chi connectivity index (χ0n) is 11.4. The van der Waals surface area contributed by atoms with Crippen LogP contribution in [0.2, 0.25) is 0 Å². The molecule has 3 N–H and O–H groups in total. The minimum Gasteiger partial charge on any atom is -0.391 e. The first-order valence-corrected chi connectivity index (χ1v) is 7.89. The summed E-state index contributed by atoms with van der Waals surface area (Å²) in [4.78, 5) is 10.9. The molecule has 114 valence electrons. The van der Waals surface area contributed by atoms with Gasteiger partial charge in [0.15, 0.2) is 5.69 Å². The fourth-order valence-corrected chi connectivity index (χ4v) is 3.27. The summed E-state index contributed by atoms with van der Waals surface area (Å²) in [5, 5.41) is 17.1. The highest BCUT2D eigenvalue weighted by Crippen LogP contribution is 2.48. The Labute approximate surface area is 116 Å². The molecule has 0 aliphatic heterocycles. The molecule has 0 aliphatic carbocycles.